The summed E-state index contributed by atoms with van der Waals surface area (Å²) in [6.07, 6.45) is 1.24. The van der Waals surface area contributed by atoms with E-state index in [1.807, 2.05) is 30.3 Å². The van der Waals surface area contributed by atoms with Gasteiger partial charge in [-0.05, 0) is 17.7 Å². The fourth-order valence-corrected chi connectivity index (χ4v) is 2.99. The number of benzene rings is 2. The molecule has 0 spiro atoms. The summed E-state index contributed by atoms with van der Waals surface area (Å²) < 4.78 is 1.43. The molecule has 2 heterocycles. The lowest BCUT2D eigenvalue weighted by atomic mass is 10.1. The molecule has 0 unspecified atom stereocenters. The SMILES string of the molecule is O=C(ON1C(=O)c2ccccc2C1=O)c1cnn(Cc2ccccc2)c1Cl. The molecule has 1 aliphatic heterocycles. The van der Waals surface area contributed by atoms with Crippen LogP contribution >= 0.6 is 11.6 Å². The fraction of sp³-hybridized carbons (Fsp3) is 0.0526. The number of amides is 2. The Bertz CT molecular complexity index is 1030. The largest absolute Gasteiger partial charge is 0.368 e. The van der Waals surface area contributed by atoms with Crippen molar-refractivity contribution in [3.05, 3.63) is 88.2 Å². The van der Waals surface area contributed by atoms with Crippen molar-refractivity contribution >= 4 is 29.4 Å². The molecule has 2 aromatic carbocycles. The lowest BCUT2D eigenvalue weighted by molar-refractivity contribution is -0.0584. The van der Waals surface area contributed by atoms with Crippen molar-refractivity contribution in [1.82, 2.24) is 14.8 Å². The predicted octanol–water partition coefficient (Wildman–Crippen LogP) is 2.95. The van der Waals surface area contributed by atoms with Crippen LogP contribution in [0, 0.1) is 0 Å². The molecule has 0 saturated carbocycles. The van der Waals surface area contributed by atoms with Gasteiger partial charge in [-0.1, -0.05) is 59.1 Å². The van der Waals surface area contributed by atoms with Gasteiger partial charge in [0.15, 0.2) is 0 Å². The first-order valence-corrected chi connectivity index (χ1v) is 8.39. The minimum atomic E-state index is -0.936. The van der Waals surface area contributed by atoms with Crippen molar-refractivity contribution in [3.63, 3.8) is 0 Å². The first-order chi connectivity index (χ1) is 13.1. The molecule has 0 atom stereocenters. The molecule has 0 bridgehead atoms. The summed E-state index contributed by atoms with van der Waals surface area (Å²) in [6.45, 7) is 0.361. The molecule has 134 valence electrons. The lowest BCUT2D eigenvalue weighted by Gasteiger charge is -2.12. The minimum Gasteiger partial charge on any atom is -0.324 e. The highest BCUT2D eigenvalue weighted by atomic mass is 35.5. The van der Waals surface area contributed by atoms with Crippen molar-refractivity contribution < 1.29 is 19.2 Å². The Balaban J connectivity index is 1.53. The Labute approximate surface area is 158 Å². The molecule has 0 saturated heterocycles. The number of carbonyl (C=O) groups is 3. The van der Waals surface area contributed by atoms with Crippen LogP contribution in [0.5, 0.6) is 0 Å². The number of rotatable bonds is 4. The number of fused-ring (bicyclic) bond motifs is 1. The van der Waals surface area contributed by atoms with Crippen LogP contribution < -0.4 is 0 Å². The molecule has 0 radical (unpaired) electrons. The van der Waals surface area contributed by atoms with Crippen LogP contribution in [0.15, 0.2) is 60.8 Å². The van der Waals surface area contributed by atoms with Gasteiger partial charge < -0.3 is 4.84 Å². The van der Waals surface area contributed by atoms with Crippen molar-refractivity contribution in [2.45, 2.75) is 6.54 Å². The lowest BCUT2D eigenvalue weighted by Crippen LogP contribution is -2.32. The van der Waals surface area contributed by atoms with Crippen molar-refractivity contribution in [3.8, 4) is 0 Å². The average Bonchev–Trinajstić information content (AvgIpc) is 3.16. The van der Waals surface area contributed by atoms with Gasteiger partial charge in [0, 0.05) is 0 Å². The first kappa shape index (κ1) is 17.0. The summed E-state index contributed by atoms with van der Waals surface area (Å²) in [4.78, 5) is 42.0. The van der Waals surface area contributed by atoms with Gasteiger partial charge >= 0.3 is 5.97 Å². The molecule has 7 nitrogen and oxygen atoms in total. The maximum Gasteiger partial charge on any atom is 0.368 e. The van der Waals surface area contributed by atoms with Gasteiger partial charge in [-0.3, -0.25) is 9.59 Å². The fourth-order valence-electron chi connectivity index (χ4n) is 2.76. The molecule has 1 aromatic heterocycles. The number of nitrogens with zero attached hydrogens (tertiary/aromatic N) is 3. The monoisotopic (exact) mass is 381 g/mol. The van der Waals surface area contributed by atoms with E-state index in [4.69, 9.17) is 16.4 Å². The van der Waals surface area contributed by atoms with Crippen molar-refractivity contribution in [2.75, 3.05) is 0 Å². The molecular weight excluding hydrogens is 370 g/mol. The number of imide groups is 1. The van der Waals surface area contributed by atoms with Crippen LogP contribution in [0.2, 0.25) is 5.15 Å². The zero-order valence-electron chi connectivity index (χ0n) is 13.8. The van der Waals surface area contributed by atoms with E-state index >= 15 is 0 Å². The Morgan fingerprint density at radius 3 is 2.19 bits per heavy atom. The van der Waals surface area contributed by atoms with E-state index in [2.05, 4.69) is 5.10 Å². The highest BCUT2D eigenvalue weighted by Gasteiger charge is 2.39. The molecule has 3 aromatic rings. The van der Waals surface area contributed by atoms with E-state index < -0.39 is 17.8 Å². The normalized spacial score (nSPS) is 13.0. The van der Waals surface area contributed by atoms with E-state index in [0.29, 0.717) is 11.6 Å². The second-order valence-electron chi connectivity index (χ2n) is 5.82. The van der Waals surface area contributed by atoms with Gasteiger partial charge in [0.25, 0.3) is 11.8 Å². The van der Waals surface area contributed by atoms with Gasteiger partial charge in [0.2, 0.25) is 0 Å². The molecule has 4 rings (SSSR count). The molecule has 8 heteroatoms. The summed E-state index contributed by atoms with van der Waals surface area (Å²) in [5.41, 5.74) is 1.27. The summed E-state index contributed by atoms with van der Waals surface area (Å²) in [5, 5.41) is 4.58. The molecule has 0 fully saturated rings. The summed E-state index contributed by atoms with van der Waals surface area (Å²) in [5.74, 6) is -2.33. The maximum atomic E-state index is 12.4. The van der Waals surface area contributed by atoms with E-state index in [-0.39, 0.29) is 21.8 Å². The molecule has 0 N–H and O–H groups in total. The molecule has 2 amide bonds. The number of aromatic nitrogens is 2. The van der Waals surface area contributed by atoms with Crippen LogP contribution in [0.1, 0.15) is 36.6 Å². The minimum absolute atomic E-state index is 0.0378. The van der Waals surface area contributed by atoms with Crippen LogP contribution in [0.4, 0.5) is 0 Å². The summed E-state index contributed by atoms with van der Waals surface area (Å²) in [7, 11) is 0. The second-order valence-corrected chi connectivity index (χ2v) is 6.18. The molecular formula is C19H12ClN3O4. The topological polar surface area (TPSA) is 81.5 Å². The quantitative estimate of drug-likeness (QED) is 0.649. The zero-order valence-corrected chi connectivity index (χ0v) is 14.6. The number of halogens is 1. The Morgan fingerprint density at radius 1 is 0.963 bits per heavy atom. The summed E-state index contributed by atoms with van der Waals surface area (Å²) in [6, 6.07) is 15.7. The number of hydrogen-bond donors (Lipinski definition) is 0. The average molecular weight is 382 g/mol. The number of hydrogen-bond acceptors (Lipinski definition) is 5. The van der Waals surface area contributed by atoms with Gasteiger partial charge in [0.1, 0.15) is 10.7 Å². The zero-order chi connectivity index (χ0) is 19.0. The molecule has 0 aliphatic carbocycles. The number of hydroxylamine groups is 2. The van der Waals surface area contributed by atoms with E-state index in [1.54, 1.807) is 12.1 Å². The third kappa shape index (κ3) is 2.98. The second kappa shape index (κ2) is 6.69. The third-order valence-corrected chi connectivity index (χ3v) is 4.50. The summed E-state index contributed by atoms with van der Waals surface area (Å²) >= 11 is 6.23. The van der Waals surface area contributed by atoms with Crippen molar-refractivity contribution in [2.24, 2.45) is 0 Å². The highest BCUT2D eigenvalue weighted by molar-refractivity contribution is 6.32. The van der Waals surface area contributed by atoms with E-state index in [9.17, 15) is 14.4 Å². The first-order valence-electron chi connectivity index (χ1n) is 8.01. The third-order valence-electron chi connectivity index (χ3n) is 4.10. The van der Waals surface area contributed by atoms with Gasteiger partial charge in [-0.25, -0.2) is 9.48 Å². The standard InChI is InChI=1S/C19H12ClN3O4/c20-16-15(10-21-22(16)11-12-6-2-1-3-7-12)19(26)27-23-17(24)13-8-4-5-9-14(13)18(23)25/h1-10H,11H2. The van der Waals surface area contributed by atoms with Crippen LogP contribution in [-0.2, 0) is 11.4 Å². The van der Waals surface area contributed by atoms with Crippen LogP contribution in [-0.4, -0.2) is 32.6 Å². The van der Waals surface area contributed by atoms with E-state index in [1.165, 1.54) is 23.0 Å². The van der Waals surface area contributed by atoms with Gasteiger partial charge in [-0.2, -0.15) is 5.10 Å². The number of carbonyl (C=O) groups excluding carboxylic acids is 3. The molecule has 1 aliphatic rings. The smallest absolute Gasteiger partial charge is 0.324 e. The molecule has 27 heavy (non-hydrogen) atoms. The Kier molecular flexibility index (Phi) is 4.21. The van der Waals surface area contributed by atoms with Crippen LogP contribution in [0.3, 0.4) is 0 Å². The van der Waals surface area contributed by atoms with Crippen LogP contribution in [0.25, 0.3) is 0 Å². The Morgan fingerprint density at radius 2 is 1.56 bits per heavy atom. The van der Waals surface area contributed by atoms with Gasteiger partial charge in [0.05, 0.1) is 23.9 Å². The Hall–Kier alpha value is -3.45. The maximum absolute atomic E-state index is 12.4. The highest BCUT2D eigenvalue weighted by Crippen LogP contribution is 2.25. The van der Waals surface area contributed by atoms with E-state index in [0.717, 1.165) is 5.56 Å². The van der Waals surface area contributed by atoms with Crippen molar-refractivity contribution in [1.29, 1.82) is 0 Å². The predicted molar refractivity (Wildman–Crippen MR) is 95.1 cm³/mol. The van der Waals surface area contributed by atoms with Gasteiger partial charge in [-0.15, -0.1) is 0 Å².